The Morgan fingerprint density at radius 2 is 1.50 bits per heavy atom. The van der Waals surface area contributed by atoms with Crippen LogP contribution in [0.3, 0.4) is 0 Å². The van der Waals surface area contributed by atoms with Crippen molar-refractivity contribution in [1.82, 2.24) is 0 Å². The predicted molar refractivity (Wildman–Crippen MR) is 55.6 cm³/mol. The van der Waals surface area contributed by atoms with Gasteiger partial charge < -0.3 is 25.5 Å². The Kier molecular flexibility index (Phi) is 4.24. The fraction of sp³-hybridized carbons (Fsp3) is 0.900. The molecule has 0 heterocycles. The molecule has 0 aliphatic carbocycles. The van der Waals surface area contributed by atoms with Crippen molar-refractivity contribution >= 4 is 5.78 Å². The smallest absolute Gasteiger partial charge is 0.197 e. The molecule has 0 aromatic heterocycles. The lowest BCUT2D eigenvalue weighted by Crippen LogP contribution is -2.66. The maximum atomic E-state index is 11.7. The van der Waals surface area contributed by atoms with E-state index in [0.29, 0.717) is 0 Å². The van der Waals surface area contributed by atoms with Crippen LogP contribution in [0.2, 0.25) is 0 Å². The Bertz CT molecular complexity index is 263. The normalized spacial score (nSPS) is 22.1. The predicted octanol–water partition coefficient (Wildman–Crippen LogP) is -1.82. The van der Waals surface area contributed by atoms with Gasteiger partial charge in [0.1, 0.15) is 17.3 Å². The lowest BCUT2D eigenvalue weighted by Gasteiger charge is -2.42. The number of aliphatic hydroxyl groups excluding tert-OH is 2. The summed E-state index contributed by atoms with van der Waals surface area (Å²) < 4.78 is 0. The summed E-state index contributed by atoms with van der Waals surface area (Å²) in [7, 11) is 0. The molecule has 0 unspecified atom stereocenters. The zero-order valence-corrected chi connectivity index (χ0v) is 9.93. The molecule has 6 heteroatoms. The molecule has 0 aliphatic heterocycles. The minimum atomic E-state index is -2.38. The first-order chi connectivity index (χ1) is 6.89. The highest BCUT2D eigenvalue weighted by Crippen LogP contribution is 2.30. The molecular formula is C10H20O6. The van der Waals surface area contributed by atoms with Gasteiger partial charge in [-0.05, 0) is 27.7 Å². The number of Topliss-reactive ketones (excluding diaryl/α,β-unsaturated/α-hetero) is 1. The maximum absolute atomic E-state index is 11.7. The number of aliphatic hydroxyl groups is 5. The fourth-order valence-electron chi connectivity index (χ4n) is 1.33. The van der Waals surface area contributed by atoms with Crippen molar-refractivity contribution in [1.29, 1.82) is 0 Å². The minimum absolute atomic E-state index is 0.817. The first-order valence-corrected chi connectivity index (χ1v) is 4.90. The lowest BCUT2D eigenvalue weighted by molar-refractivity contribution is -0.206. The highest BCUT2D eigenvalue weighted by Gasteiger charge is 2.55. The molecule has 96 valence electrons. The van der Waals surface area contributed by atoms with Crippen molar-refractivity contribution in [2.75, 3.05) is 6.61 Å². The van der Waals surface area contributed by atoms with E-state index in [-0.39, 0.29) is 0 Å². The number of rotatable bonds is 5. The van der Waals surface area contributed by atoms with Crippen molar-refractivity contribution in [2.45, 2.75) is 50.6 Å². The summed E-state index contributed by atoms with van der Waals surface area (Å²) in [6, 6.07) is 0. The van der Waals surface area contributed by atoms with Gasteiger partial charge in [-0.1, -0.05) is 0 Å². The topological polar surface area (TPSA) is 118 Å². The van der Waals surface area contributed by atoms with E-state index < -0.39 is 35.3 Å². The number of hydrogen-bond acceptors (Lipinski definition) is 6. The number of ketones is 1. The van der Waals surface area contributed by atoms with E-state index in [0.717, 1.165) is 27.7 Å². The molecule has 0 amide bonds. The largest absolute Gasteiger partial charge is 0.394 e. The Morgan fingerprint density at radius 3 is 1.75 bits per heavy atom. The number of hydrogen-bond donors (Lipinski definition) is 5. The van der Waals surface area contributed by atoms with Gasteiger partial charge in [-0.15, -0.1) is 0 Å². The van der Waals surface area contributed by atoms with Crippen LogP contribution in [0, 0.1) is 0 Å². The van der Waals surface area contributed by atoms with Gasteiger partial charge in [-0.3, -0.25) is 4.79 Å². The SMILES string of the molecule is CC(C)(O)C(=O)[C@@](C)(O)[C@](C)(O)[C@H](O)CO. The van der Waals surface area contributed by atoms with E-state index in [2.05, 4.69) is 0 Å². The van der Waals surface area contributed by atoms with Crippen LogP contribution in [0.1, 0.15) is 27.7 Å². The van der Waals surface area contributed by atoms with Crippen LogP contribution in [0.4, 0.5) is 0 Å². The molecule has 0 aliphatic rings. The summed E-state index contributed by atoms with van der Waals surface area (Å²) in [4.78, 5) is 11.7. The molecule has 0 saturated carbocycles. The molecule has 0 spiro atoms. The molecular weight excluding hydrogens is 216 g/mol. The van der Waals surface area contributed by atoms with E-state index in [1.807, 2.05) is 0 Å². The zero-order valence-electron chi connectivity index (χ0n) is 9.93. The summed E-state index contributed by atoms with van der Waals surface area (Å²) in [6.07, 6.45) is -1.70. The second-order valence-corrected chi connectivity index (χ2v) is 4.81. The van der Waals surface area contributed by atoms with Crippen LogP contribution < -0.4 is 0 Å². The summed E-state index contributed by atoms with van der Waals surface area (Å²) in [5.74, 6) is -1.04. The maximum Gasteiger partial charge on any atom is 0.197 e. The van der Waals surface area contributed by atoms with Crippen molar-refractivity contribution in [2.24, 2.45) is 0 Å². The van der Waals surface area contributed by atoms with Crippen LogP contribution >= 0.6 is 0 Å². The standard InChI is InChI=1S/C10H20O6/c1-8(2,14)7(13)10(4,16)9(3,15)6(12)5-11/h6,11-12,14-16H,5H2,1-4H3/t6-,9-,10-/m1/s1. The van der Waals surface area contributed by atoms with Gasteiger partial charge in [0.05, 0.1) is 6.61 Å². The third-order valence-corrected chi connectivity index (χ3v) is 2.81. The summed E-state index contributed by atoms with van der Waals surface area (Å²) in [5.41, 5.74) is -6.51. The molecule has 0 bridgehead atoms. The van der Waals surface area contributed by atoms with Crippen LogP contribution in [0.5, 0.6) is 0 Å². The molecule has 0 radical (unpaired) electrons. The molecule has 0 fully saturated rings. The van der Waals surface area contributed by atoms with Gasteiger partial charge in [0.2, 0.25) is 0 Å². The van der Waals surface area contributed by atoms with Gasteiger partial charge in [-0.2, -0.15) is 0 Å². The van der Waals surface area contributed by atoms with E-state index in [1.54, 1.807) is 0 Å². The first-order valence-electron chi connectivity index (χ1n) is 4.90. The fourth-order valence-corrected chi connectivity index (χ4v) is 1.33. The third kappa shape index (κ3) is 2.58. The van der Waals surface area contributed by atoms with Gasteiger partial charge in [0.25, 0.3) is 0 Å². The second-order valence-electron chi connectivity index (χ2n) is 4.81. The van der Waals surface area contributed by atoms with E-state index >= 15 is 0 Å². The van der Waals surface area contributed by atoms with Crippen molar-refractivity contribution in [3.63, 3.8) is 0 Å². The quantitative estimate of drug-likeness (QED) is 0.383. The van der Waals surface area contributed by atoms with Gasteiger partial charge in [0.15, 0.2) is 11.4 Å². The molecule has 16 heavy (non-hydrogen) atoms. The lowest BCUT2D eigenvalue weighted by atomic mass is 9.74. The van der Waals surface area contributed by atoms with Crippen molar-refractivity contribution in [3.05, 3.63) is 0 Å². The molecule has 6 nitrogen and oxygen atoms in total. The molecule has 5 N–H and O–H groups in total. The van der Waals surface area contributed by atoms with Gasteiger partial charge >= 0.3 is 0 Å². The second kappa shape index (κ2) is 4.38. The average molecular weight is 236 g/mol. The van der Waals surface area contributed by atoms with E-state index in [1.165, 1.54) is 0 Å². The van der Waals surface area contributed by atoms with Crippen LogP contribution in [-0.4, -0.2) is 60.8 Å². The van der Waals surface area contributed by atoms with Crippen LogP contribution in [-0.2, 0) is 4.79 Å². The summed E-state index contributed by atoms with van der Waals surface area (Å²) in [5, 5.41) is 47.3. The molecule has 0 aromatic carbocycles. The highest BCUT2D eigenvalue weighted by molar-refractivity contribution is 5.94. The molecule has 0 saturated heterocycles. The highest BCUT2D eigenvalue weighted by atomic mass is 16.4. The summed E-state index contributed by atoms with van der Waals surface area (Å²) in [6.45, 7) is 3.49. The Morgan fingerprint density at radius 1 is 1.12 bits per heavy atom. The third-order valence-electron chi connectivity index (χ3n) is 2.81. The average Bonchev–Trinajstić information content (AvgIpc) is 2.13. The Hall–Kier alpha value is -0.530. The minimum Gasteiger partial charge on any atom is -0.394 e. The van der Waals surface area contributed by atoms with Crippen LogP contribution in [0.25, 0.3) is 0 Å². The van der Waals surface area contributed by atoms with E-state index in [4.69, 9.17) is 5.11 Å². The Balaban J connectivity index is 5.27. The van der Waals surface area contributed by atoms with Gasteiger partial charge in [-0.25, -0.2) is 0 Å². The zero-order chi connectivity index (χ0) is 13.4. The monoisotopic (exact) mass is 236 g/mol. The first kappa shape index (κ1) is 15.5. The number of carbonyl (C=O) groups excluding carboxylic acids is 1. The molecule has 0 aromatic rings. The Labute approximate surface area is 94.2 Å². The van der Waals surface area contributed by atoms with Crippen molar-refractivity contribution in [3.8, 4) is 0 Å². The van der Waals surface area contributed by atoms with Crippen LogP contribution in [0.15, 0.2) is 0 Å². The van der Waals surface area contributed by atoms with E-state index in [9.17, 15) is 25.2 Å². The van der Waals surface area contributed by atoms with Crippen molar-refractivity contribution < 1.29 is 30.3 Å². The molecule has 0 rings (SSSR count). The summed E-state index contributed by atoms with van der Waals surface area (Å²) >= 11 is 0. The van der Waals surface area contributed by atoms with Gasteiger partial charge in [0, 0.05) is 0 Å². The molecule has 3 atom stereocenters. The number of carbonyl (C=O) groups is 1.